The van der Waals surface area contributed by atoms with Gasteiger partial charge in [-0.15, -0.1) is 0 Å². The minimum Gasteiger partial charge on any atom is -0.496 e. The Morgan fingerprint density at radius 1 is 1.38 bits per heavy atom. The zero-order valence-electron chi connectivity index (χ0n) is 8.73. The molecule has 2 aromatic rings. The molecule has 16 heavy (non-hydrogen) atoms. The number of methoxy groups -OCH3 is 1. The summed E-state index contributed by atoms with van der Waals surface area (Å²) in [5.74, 6) is 0.595. The zero-order valence-corrected chi connectivity index (χ0v) is 8.73. The predicted octanol–water partition coefficient (Wildman–Crippen LogP) is 1.03. The maximum absolute atomic E-state index is 11.2. The number of hydrogen-bond donors (Lipinski definition) is 2. The van der Waals surface area contributed by atoms with E-state index < -0.39 is 0 Å². The number of aromatic nitrogens is 2. The molecule has 5 nitrogen and oxygen atoms in total. The number of nitrogens with two attached hydrogens (primary N) is 1. The number of H-pyrrole nitrogens is 1. The average molecular weight is 217 g/mol. The van der Waals surface area contributed by atoms with Crippen LogP contribution in [0.5, 0.6) is 5.75 Å². The third-order valence-corrected chi connectivity index (χ3v) is 2.18. The van der Waals surface area contributed by atoms with Gasteiger partial charge in [0.1, 0.15) is 5.75 Å². The fourth-order valence-electron chi connectivity index (χ4n) is 1.44. The van der Waals surface area contributed by atoms with E-state index in [0.717, 1.165) is 5.56 Å². The van der Waals surface area contributed by atoms with Crippen molar-refractivity contribution in [2.24, 2.45) is 0 Å². The lowest BCUT2D eigenvalue weighted by Gasteiger charge is -2.07. The first kappa shape index (κ1) is 10.2. The van der Waals surface area contributed by atoms with E-state index in [-0.39, 0.29) is 5.56 Å². The maximum Gasteiger partial charge on any atom is 0.251 e. The van der Waals surface area contributed by atoms with Gasteiger partial charge in [-0.2, -0.15) is 0 Å². The van der Waals surface area contributed by atoms with Gasteiger partial charge < -0.3 is 15.5 Å². The van der Waals surface area contributed by atoms with Crippen LogP contribution < -0.4 is 16.0 Å². The Morgan fingerprint density at radius 3 is 2.88 bits per heavy atom. The molecule has 0 aliphatic rings. The summed E-state index contributed by atoms with van der Waals surface area (Å²) < 4.78 is 5.19. The van der Waals surface area contributed by atoms with E-state index in [2.05, 4.69) is 9.97 Å². The second kappa shape index (κ2) is 4.06. The van der Waals surface area contributed by atoms with Crippen LogP contribution >= 0.6 is 0 Å². The number of nitrogens with one attached hydrogen (secondary N) is 1. The summed E-state index contributed by atoms with van der Waals surface area (Å²) in [4.78, 5) is 17.7. The molecule has 0 saturated heterocycles. The molecular formula is C11H11N3O2. The van der Waals surface area contributed by atoms with Gasteiger partial charge in [-0.05, 0) is 12.1 Å². The summed E-state index contributed by atoms with van der Waals surface area (Å²) in [6.45, 7) is 0. The van der Waals surface area contributed by atoms with Crippen molar-refractivity contribution in [2.75, 3.05) is 12.8 Å². The summed E-state index contributed by atoms with van der Waals surface area (Å²) in [6.07, 6.45) is 1.35. The smallest absolute Gasteiger partial charge is 0.251 e. The van der Waals surface area contributed by atoms with Crippen molar-refractivity contribution in [3.8, 4) is 17.0 Å². The van der Waals surface area contributed by atoms with E-state index in [4.69, 9.17) is 10.5 Å². The van der Waals surface area contributed by atoms with Crippen LogP contribution in [0.15, 0.2) is 35.4 Å². The van der Waals surface area contributed by atoms with Gasteiger partial charge in [0, 0.05) is 23.4 Å². The Hall–Kier alpha value is -2.30. The third-order valence-electron chi connectivity index (χ3n) is 2.18. The highest BCUT2D eigenvalue weighted by Crippen LogP contribution is 2.29. The fourth-order valence-corrected chi connectivity index (χ4v) is 1.44. The highest BCUT2D eigenvalue weighted by molar-refractivity contribution is 5.69. The molecular weight excluding hydrogens is 206 g/mol. The van der Waals surface area contributed by atoms with Gasteiger partial charge in [-0.3, -0.25) is 4.79 Å². The highest BCUT2D eigenvalue weighted by Gasteiger charge is 2.07. The van der Waals surface area contributed by atoms with Crippen molar-refractivity contribution < 1.29 is 4.74 Å². The highest BCUT2D eigenvalue weighted by atomic mass is 16.5. The van der Waals surface area contributed by atoms with Crippen LogP contribution in [0.25, 0.3) is 11.3 Å². The normalized spacial score (nSPS) is 10.1. The largest absolute Gasteiger partial charge is 0.496 e. The van der Waals surface area contributed by atoms with Gasteiger partial charge in [0.25, 0.3) is 5.56 Å². The summed E-state index contributed by atoms with van der Waals surface area (Å²) in [7, 11) is 1.55. The predicted molar refractivity (Wildman–Crippen MR) is 61.3 cm³/mol. The molecule has 0 amide bonds. The lowest BCUT2D eigenvalue weighted by atomic mass is 10.1. The lowest BCUT2D eigenvalue weighted by Crippen LogP contribution is -2.05. The quantitative estimate of drug-likeness (QED) is 0.736. The molecule has 0 aliphatic heterocycles. The minimum atomic E-state index is -0.205. The van der Waals surface area contributed by atoms with Crippen molar-refractivity contribution in [3.05, 3.63) is 40.9 Å². The maximum atomic E-state index is 11.2. The molecule has 3 N–H and O–H groups in total. The van der Waals surface area contributed by atoms with Crippen LogP contribution in [-0.2, 0) is 0 Å². The molecule has 0 bridgehead atoms. The van der Waals surface area contributed by atoms with Crippen molar-refractivity contribution in [2.45, 2.75) is 0 Å². The molecule has 0 saturated carbocycles. The van der Waals surface area contributed by atoms with Gasteiger partial charge in [-0.25, -0.2) is 4.98 Å². The first-order chi connectivity index (χ1) is 7.70. The van der Waals surface area contributed by atoms with E-state index in [1.807, 2.05) is 0 Å². The van der Waals surface area contributed by atoms with E-state index in [9.17, 15) is 4.79 Å². The summed E-state index contributed by atoms with van der Waals surface area (Å²) in [6, 6.07) is 6.61. The van der Waals surface area contributed by atoms with Gasteiger partial charge in [0.2, 0.25) is 0 Å². The number of aromatic amines is 1. The SMILES string of the molecule is COc1cc(N)ccc1-c1cc(=O)[nH]cn1. The third kappa shape index (κ3) is 1.88. The first-order valence-corrected chi connectivity index (χ1v) is 4.69. The van der Waals surface area contributed by atoms with Crippen LogP contribution in [-0.4, -0.2) is 17.1 Å². The number of nitrogens with zero attached hydrogens (tertiary/aromatic N) is 1. The van der Waals surface area contributed by atoms with Crippen LogP contribution in [0.2, 0.25) is 0 Å². The molecule has 0 radical (unpaired) electrons. The molecule has 82 valence electrons. The molecule has 0 aliphatic carbocycles. The van der Waals surface area contributed by atoms with Crippen molar-refractivity contribution in [3.63, 3.8) is 0 Å². The van der Waals surface area contributed by atoms with Gasteiger partial charge in [-0.1, -0.05) is 0 Å². The molecule has 1 aromatic heterocycles. The van der Waals surface area contributed by atoms with Crippen LogP contribution in [0.3, 0.4) is 0 Å². The second-order valence-electron chi connectivity index (χ2n) is 3.26. The van der Waals surface area contributed by atoms with Crippen molar-refractivity contribution in [1.82, 2.24) is 9.97 Å². The van der Waals surface area contributed by atoms with Gasteiger partial charge >= 0.3 is 0 Å². The standard InChI is InChI=1S/C11H11N3O2/c1-16-10-4-7(12)2-3-8(10)9-5-11(15)14-6-13-9/h2-6H,12H2,1H3,(H,13,14,15). The Morgan fingerprint density at radius 2 is 2.19 bits per heavy atom. The lowest BCUT2D eigenvalue weighted by molar-refractivity contribution is 0.416. The number of hydrogen-bond acceptors (Lipinski definition) is 4. The summed E-state index contributed by atoms with van der Waals surface area (Å²) >= 11 is 0. The molecule has 2 rings (SSSR count). The Balaban J connectivity index is 2.59. The second-order valence-corrected chi connectivity index (χ2v) is 3.26. The van der Waals surface area contributed by atoms with Crippen molar-refractivity contribution >= 4 is 5.69 Å². The van der Waals surface area contributed by atoms with E-state index >= 15 is 0 Å². The number of anilines is 1. The van der Waals surface area contributed by atoms with Crippen LogP contribution in [0.1, 0.15) is 0 Å². The monoisotopic (exact) mass is 217 g/mol. The summed E-state index contributed by atoms with van der Waals surface area (Å²) in [5, 5.41) is 0. The topological polar surface area (TPSA) is 81.0 Å². The van der Waals surface area contributed by atoms with Gasteiger partial charge in [0.15, 0.2) is 0 Å². The van der Waals surface area contributed by atoms with Gasteiger partial charge in [0.05, 0.1) is 19.1 Å². The van der Waals surface area contributed by atoms with Crippen LogP contribution in [0, 0.1) is 0 Å². The number of nitrogen functional groups attached to an aromatic ring is 1. The fraction of sp³-hybridized carbons (Fsp3) is 0.0909. The molecule has 5 heteroatoms. The Bertz CT molecular complexity index is 563. The Kier molecular flexibility index (Phi) is 2.59. The minimum absolute atomic E-state index is 0.205. The van der Waals surface area contributed by atoms with E-state index in [1.54, 1.807) is 25.3 Å². The molecule has 0 fully saturated rings. The molecule has 0 atom stereocenters. The zero-order chi connectivity index (χ0) is 11.5. The first-order valence-electron chi connectivity index (χ1n) is 4.69. The van der Waals surface area contributed by atoms with E-state index in [0.29, 0.717) is 17.1 Å². The van der Waals surface area contributed by atoms with E-state index in [1.165, 1.54) is 12.4 Å². The molecule has 1 heterocycles. The Labute approximate surface area is 91.9 Å². The molecule has 0 spiro atoms. The molecule has 0 unspecified atom stereocenters. The number of benzene rings is 1. The average Bonchev–Trinajstić information content (AvgIpc) is 2.28. The number of rotatable bonds is 2. The van der Waals surface area contributed by atoms with Crippen LogP contribution in [0.4, 0.5) is 5.69 Å². The molecule has 1 aromatic carbocycles. The number of ether oxygens (including phenoxy) is 1. The van der Waals surface area contributed by atoms with Crippen molar-refractivity contribution in [1.29, 1.82) is 0 Å². The summed E-state index contributed by atoms with van der Waals surface area (Å²) in [5.41, 5.74) is 7.34.